The summed E-state index contributed by atoms with van der Waals surface area (Å²) in [6.45, 7) is 8.97. The summed E-state index contributed by atoms with van der Waals surface area (Å²) < 4.78 is 25.0. The summed E-state index contributed by atoms with van der Waals surface area (Å²) in [4.78, 5) is 0. The van der Waals surface area contributed by atoms with E-state index < -0.39 is 5.82 Å². The zero-order chi connectivity index (χ0) is 15.1. The Kier molecular flexibility index (Phi) is 7.31. The van der Waals surface area contributed by atoms with Gasteiger partial charge in [0.15, 0.2) is 0 Å². The average molecular weight is 303 g/mol. The summed E-state index contributed by atoms with van der Waals surface area (Å²) in [6.07, 6.45) is 1.94. The first-order chi connectivity index (χ1) is 9.43. The Morgan fingerprint density at radius 3 is 2.45 bits per heavy atom. The Balaban J connectivity index is 2.67. The Hall–Kier alpha value is -0.800. The standard InChI is InChI=1S/C16H24ClFO2/c1-5-6-7-19-16(11(2)3)12(4)20-15-9-13(17)8-14(18)10-15/h8-12,16H,5-7H2,1-4H3/t12-,16+/m0/s1. The van der Waals surface area contributed by atoms with E-state index in [9.17, 15) is 4.39 Å². The smallest absolute Gasteiger partial charge is 0.128 e. The highest BCUT2D eigenvalue weighted by molar-refractivity contribution is 6.30. The zero-order valence-electron chi connectivity index (χ0n) is 12.7. The average Bonchev–Trinajstić information content (AvgIpc) is 2.32. The summed E-state index contributed by atoms with van der Waals surface area (Å²) in [7, 11) is 0. The maximum absolute atomic E-state index is 13.3. The molecule has 2 atom stereocenters. The van der Waals surface area contributed by atoms with Crippen LogP contribution in [-0.4, -0.2) is 18.8 Å². The van der Waals surface area contributed by atoms with Crippen LogP contribution in [0.1, 0.15) is 40.5 Å². The van der Waals surface area contributed by atoms with E-state index in [1.807, 2.05) is 6.92 Å². The van der Waals surface area contributed by atoms with Gasteiger partial charge in [0.2, 0.25) is 0 Å². The molecule has 114 valence electrons. The summed E-state index contributed by atoms with van der Waals surface area (Å²) in [6, 6.07) is 4.22. The highest BCUT2D eigenvalue weighted by Gasteiger charge is 2.23. The molecule has 0 heterocycles. The van der Waals surface area contributed by atoms with Crippen molar-refractivity contribution < 1.29 is 13.9 Å². The first kappa shape index (κ1) is 17.3. The summed E-state index contributed by atoms with van der Waals surface area (Å²) in [5, 5.41) is 0.334. The lowest BCUT2D eigenvalue weighted by atomic mass is 10.0. The van der Waals surface area contributed by atoms with Crippen LogP contribution in [0.2, 0.25) is 5.02 Å². The molecule has 0 spiro atoms. The van der Waals surface area contributed by atoms with Gasteiger partial charge in [0.25, 0.3) is 0 Å². The molecule has 0 N–H and O–H groups in total. The SMILES string of the molecule is CCCCO[C@H](C(C)C)[C@H](C)Oc1cc(F)cc(Cl)c1. The van der Waals surface area contributed by atoms with Crippen LogP contribution in [0.25, 0.3) is 0 Å². The fourth-order valence-electron chi connectivity index (χ4n) is 2.11. The number of hydrogen-bond donors (Lipinski definition) is 0. The van der Waals surface area contributed by atoms with Crippen molar-refractivity contribution >= 4 is 11.6 Å². The van der Waals surface area contributed by atoms with Gasteiger partial charge in [-0.15, -0.1) is 0 Å². The molecule has 0 saturated carbocycles. The van der Waals surface area contributed by atoms with Crippen molar-refractivity contribution in [2.24, 2.45) is 5.92 Å². The molecule has 0 amide bonds. The van der Waals surface area contributed by atoms with Gasteiger partial charge in [0, 0.05) is 17.7 Å². The minimum absolute atomic E-state index is 0.0245. The number of unbranched alkanes of at least 4 members (excludes halogenated alkanes) is 1. The lowest BCUT2D eigenvalue weighted by molar-refractivity contribution is -0.0449. The molecule has 0 bridgehead atoms. The van der Waals surface area contributed by atoms with Crippen molar-refractivity contribution in [3.63, 3.8) is 0 Å². The van der Waals surface area contributed by atoms with E-state index in [1.165, 1.54) is 12.1 Å². The van der Waals surface area contributed by atoms with E-state index in [1.54, 1.807) is 6.07 Å². The second-order valence-electron chi connectivity index (χ2n) is 5.36. The predicted molar refractivity (Wildman–Crippen MR) is 81.0 cm³/mol. The normalized spacial score (nSPS) is 14.3. The van der Waals surface area contributed by atoms with E-state index in [2.05, 4.69) is 20.8 Å². The third-order valence-electron chi connectivity index (χ3n) is 3.09. The predicted octanol–water partition coefficient (Wildman–Crippen LogP) is 5.09. The minimum Gasteiger partial charge on any atom is -0.488 e. The van der Waals surface area contributed by atoms with Crippen LogP contribution in [0.5, 0.6) is 5.75 Å². The van der Waals surface area contributed by atoms with Gasteiger partial charge in [-0.3, -0.25) is 0 Å². The summed E-state index contributed by atoms with van der Waals surface area (Å²) in [5.41, 5.74) is 0. The number of ether oxygens (including phenoxy) is 2. The monoisotopic (exact) mass is 302 g/mol. The number of rotatable bonds is 8. The van der Waals surface area contributed by atoms with Crippen molar-refractivity contribution in [2.45, 2.75) is 52.7 Å². The van der Waals surface area contributed by atoms with Crippen LogP contribution in [0.3, 0.4) is 0 Å². The van der Waals surface area contributed by atoms with Crippen LogP contribution >= 0.6 is 11.6 Å². The van der Waals surface area contributed by atoms with E-state index in [-0.39, 0.29) is 12.2 Å². The second-order valence-corrected chi connectivity index (χ2v) is 5.80. The third kappa shape index (κ3) is 5.68. The first-order valence-electron chi connectivity index (χ1n) is 7.18. The molecule has 2 nitrogen and oxygen atoms in total. The van der Waals surface area contributed by atoms with Crippen molar-refractivity contribution in [3.05, 3.63) is 29.0 Å². The van der Waals surface area contributed by atoms with Crippen LogP contribution in [0, 0.1) is 11.7 Å². The molecule has 0 aliphatic heterocycles. The number of hydrogen-bond acceptors (Lipinski definition) is 2. The van der Waals surface area contributed by atoms with Crippen molar-refractivity contribution in [1.82, 2.24) is 0 Å². The molecular weight excluding hydrogens is 279 g/mol. The fourth-order valence-corrected chi connectivity index (χ4v) is 2.32. The van der Waals surface area contributed by atoms with Gasteiger partial charge < -0.3 is 9.47 Å². The molecule has 0 aliphatic carbocycles. The highest BCUT2D eigenvalue weighted by atomic mass is 35.5. The van der Waals surface area contributed by atoms with Gasteiger partial charge in [0.05, 0.1) is 6.10 Å². The van der Waals surface area contributed by atoms with Crippen molar-refractivity contribution in [2.75, 3.05) is 6.61 Å². The molecule has 0 aromatic heterocycles. The highest BCUT2D eigenvalue weighted by Crippen LogP contribution is 2.23. The van der Waals surface area contributed by atoms with Crippen LogP contribution in [0.15, 0.2) is 18.2 Å². The van der Waals surface area contributed by atoms with Gasteiger partial charge in [-0.1, -0.05) is 38.8 Å². The van der Waals surface area contributed by atoms with Gasteiger partial charge in [0.1, 0.15) is 17.7 Å². The topological polar surface area (TPSA) is 18.5 Å². The van der Waals surface area contributed by atoms with E-state index >= 15 is 0 Å². The Morgan fingerprint density at radius 2 is 1.90 bits per heavy atom. The van der Waals surface area contributed by atoms with Crippen LogP contribution < -0.4 is 4.74 Å². The summed E-state index contributed by atoms with van der Waals surface area (Å²) >= 11 is 5.83. The molecule has 1 aromatic carbocycles. The third-order valence-corrected chi connectivity index (χ3v) is 3.30. The summed E-state index contributed by atoms with van der Waals surface area (Å²) in [5.74, 6) is 0.367. The van der Waals surface area contributed by atoms with Gasteiger partial charge in [-0.2, -0.15) is 0 Å². The Morgan fingerprint density at radius 1 is 1.20 bits per heavy atom. The molecular formula is C16H24ClFO2. The Bertz CT molecular complexity index is 389. The minimum atomic E-state index is -0.396. The fraction of sp³-hybridized carbons (Fsp3) is 0.625. The van der Waals surface area contributed by atoms with E-state index in [4.69, 9.17) is 21.1 Å². The van der Waals surface area contributed by atoms with Crippen LogP contribution in [0.4, 0.5) is 4.39 Å². The van der Waals surface area contributed by atoms with Crippen LogP contribution in [-0.2, 0) is 4.74 Å². The van der Waals surface area contributed by atoms with Crippen molar-refractivity contribution in [1.29, 1.82) is 0 Å². The molecule has 0 saturated heterocycles. The lowest BCUT2D eigenvalue weighted by Crippen LogP contribution is -2.36. The zero-order valence-corrected chi connectivity index (χ0v) is 13.4. The number of halogens is 2. The maximum atomic E-state index is 13.3. The largest absolute Gasteiger partial charge is 0.488 e. The van der Waals surface area contributed by atoms with E-state index in [0.29, 0.717) is 16.7 Å². The number of benzene rings is 1. The molecule has 0 fully saturated rings. The molecule has 4 heteroatoms. The molecule has 0 aliphatic rings. The molecule has 20 heavy (non-hydrogen) atoms. The van der Waals surface area contributed by atoms with E-state index in [0.717, 1.165) is 19.4 Å². The molecule has 1 aromatic rings. The van der Waals surface area contributed by atoms with Gasteiger partial charge in [-0.05, 0) is 31.4 Å². The van der Waals surface area contributed by atoms with Gasteiger partial charge in [-0.25, -0.2) is 4.39 Å². The second kappa shape index (κ2) is 8.48. The maximum Gasteiger partial charge on any atom is 0.128 e. The Labute approximate surface area is 126 Å². The molecule has 0 radical (unpaired) electrons. The first-order valence-corrected chi connectivity index (χ1v) is 7.56. The lowest BCUT2D eigenvalue weighted by Gasteiger charge is -2.28. The van der Waals surface area contributed by atoms with Crippen molar-refractivity contribution in [3.8, 4) is 5.75 Å². The molecule has 0 unspecified atom stereocenters. The quantitative estimate of drug-likeness (QED) is 0.623. The molecule has 1 rings (SSSR count). The van der Waals surface area contributed by atoms with Gasteiger partial charge >= 0.3 is 0 Å².